The van der Waals surface area contributed by atoms with Crippen molar-refractivity contribution in [1.82, 2.24) is 4.90 Å². The third kappa shape index (κ3) is 4.52. The highest BCUT2D eigenvalue weighted by Crippen LogP contribution is 2.29. The van der Waals surface area contributed by atoms with Gasteiger partial charge in [-0.05, 0) is 58.2 Å². The lowest BCUT2D eigenvalue weighted by atomic mass is 9.83. The zero-order valence-corrected chi connectivity index (χ0v) is 10.5. The van der Waals surface area contributed by atoms with E-state index in [1.807, 2.05) is 0 Å². The van der Waals surface area contributed by atoms with E-state index < -0.39 is 0 Å². The first-order chi connectivity index (χ1) is 7.27. The molecule has 1 aliphatic carbocycles. The molecule has 1 fully saturated rings. The van der Waals surface area contributed by atoms with Gasteiger partial charge in [-0.2, -0.15) is 0 Å². The summed E-state index contributed by atoms with van der Waals surface area (Å²) in [6, 6.07) is 0.838. The molecule has 0 amide bonds. The molecule has 2 nitrogen and oxygen atoms in total. The molecular weight excluding hydrogens is 184 g/mol. The molecule has 1 rings (SSSR count). The summed E-state index contributed by atoms with van der Waals surface area (Å²) in [4.78, 5) is 2.52. The molecule has 0 saturated heterocycles. The van der Waals surface area contributed by atoms with Gasteiger partial charge in [-0.3, -0.25) is 0 Å². The second kappa shape index (κ2) is 7.24. The van der Waals surface area contributed by atoms with Crippen molar-refractivity contribution >= 4 is 0 Å². The van der Waals surface area contributed by atoms with E-state index in [1.165, 1.54) is 45.1 Å². The number of hydrogen-bond donors (Lipinski definition) is 1. The summed E-state index contributed by atoms with van der Waals surface area (Å²) >= 11 is 0. The van der Waals surface area contributed by atoms with Gasteiger partial charge in [0.15, 0.2) is 0 Å². The molecular formula is C13H28N2. The predicted molar refractivity (Wildman–Crippen MR) is 67.0 cm³/mol. The van der Waals surface area contributed by atoms with E-state index in [1.54, 1.807) is 0 Å². The monoisotopic (exact) mass is 212 g/mol. The van der Waals surface area contributed by atoms with Crippen molar-refractivity contribution in [2.24, 2.45) is 11.7 Å². The van der Waals surface area contributed by atoms with Gasteiger partial charge in [-0.1, -0.05) is 19.8 Å². The average Bonchev–Trinajstić information content (AvgIpc) is 2.27. The van der Waals surface area contributed by atoms with Crippen LogP contribution in [0.3, 0.4) is 0 Å². The molecule has 2 heteroatoms. The molecule has 0 aromatic heterocycles. The van der Waals surface area contributed by atoms with E-state index in [0.717, 1.165) is 24.9 Å². The van der Waals surface area contributed by atoms with Crippen LogP contribution in [0.4, 0.5) is 0 Å². The highest BCUT2D eigenvalue weighted by Gasteiger charge is 2.22. The average molecular weight is 212 g/mol. The van der Waals surface area contributed by atoms with Crippen LogP contribution >= 0.6 is 0 Å². The topological polar surface area (TPSA) is 29.3 Å². The molecule has 1 saturated carbocycles. The lowest BCUT2D eigenvalue weighted by Gasteiger charge is -2.34. The van der Waals surface area contributed by atoms with E-state index in [0.29, 0.717) is 0 Å². The summed E-state index contributed by atoms with van der Waals surface area (Å²) in [5, 5.41) is 0. The zero-order chi connectivity index (χ0) is 11.1. The molecule has 1 aliphatic rings. The maximum atomic E-state index is 5.54. The lowest BCUT2D eigenvalue weighted by molar-refractivity contribution is 0.161. The van der Waals surface area contributed by atoms with Gasteiger partial charge in [0.25, 0.3) is 0 Å². The van der Waals surface area contributed by atoms with Gasteiger partial charge in [0, 0.05) is 6.04 Å². The smallest absolute Gasteiger partial charge is 0.00924 e. The molecule has 0 unspecified atom stereocenters. The maximum absolute atomic E-state index is 5.54. The number of rotatable bonds is 6. The van der Waals surface area contributed by atoms with Gasteiger partial charge in [-0.25, -0.2) is 0 Å². The molecule has 0 bridgehead atoms. The maximum Gasteiger partial charge on any atom is 0.00924 e. The molecule has 0 aromatic carbocycles. The fraction of sp³-hybridized carbons (Fsp3) is 1.00. The van der Waals surface area contributed by atoms with Crippen LogP contribution < -0.4 is 5.73 Å². The fourth-order valence-corrected chi connectivity index (χ4v) is 2.81. The number of hydrogen-bond acceptors (Lipinski definition) is 2. The van der Waals surface area contributed by atoms with Gasteiger partial charge in [0.1, 0.15) is 0 Å². The highest BCUT2D eigenvalue weighted by molar-refractivity contribution is 4.78. The van der Waals surface area contributed by atoms with Crippen LogP contribution in [0.15, 0.2) is 0 Å². The second-order valence-corrected chi connectivity index (χ2v) is 5.09. The van der Waals surface area contributed by atoms with Crippen molar-refractivity contribution in [2.75, 3.05) is 20.1 Å². The Morgan fingerprint density at radius 3 is 2.40 bits per heavy atom. The van der Waals surface area contributed by atoms with E-state index in [2.05, 4.69) is 18.9 Å². The Morgan fingerprint density at radius 2 is 1.87 bits per heavy atom. The van der Waals surface area contributed by atoms with Gasteiger partial charge in [0.2, 0.25) is 0 Å². The van der Waals surface area contributed by atoms with Crippen molar-refractivity contribution in [2.45, 2.75) is 57.9 Å². The van der Waals surface area contributed by atoms with Crippen molar-refractivity contribution in [3.05, 3.63) is 0 Å². The molecule has 90 valence electrons. The minimum absolute atomic E-state index is 0.829. The van der Waals surface area contributed by atoms with E-state index >= 15 is 0 Å². The summed E-state index contributed by atoms with van der Waals surface area (Å²) in [6.07, 6.45) is 9.66. The summed E-state index contributed by atoms with van der Waals surface area (Å²) in [5.74, 6) is 1.02. The van der Waals surface area contributed by atoms with Crippen LogP contribution in [-0.4, -0.2) is 31.1 Å². The van der Waals surface area contributed by atoms with Gasteiger partial charge in [-0.15, -0.1) is 0 Å². The third-order valence-electron chi connectivity index (χ3n) is 3.85. The van der Waals surface area contributed by atoms with Crippen LogP contribution in [0.1, 0.15) is 51.9 Å². The molecule has 0 radical (unpaired) electrons. The predicted octanol–water partition coefficient (Wildman–Crippen LogP) is 2.63. The first-order valence-corrected chi connectivity index (χ1v) is 6.68. The van der Waals surface area contributed by atoms with Gasteiger partial charge >= 0.3 is 0 Å². The van der Waals surface area contributed by atoms with Crippen LogP contribution in [0, 0.1) is 5.92 Å². The Bertz CT molecular complexity index is 151. The Hall–Kier alpha value is -0.0800. The molecule has 0 spiro atoms. The van der Waals surface area contributed by atoms with Crippen LogP contribution in [-0.2, 0) is 0 Å². The lowest BCUT2D eigenvalue weighted by Crippen LogP contribution is -2.36. The number of nitrogens with zero attached hydrogens (tertiary/aromatic N) is 1. The van der Waals surface area contributed by atoms with Crippen molar-refractivity contribution in [1.29, 1.82) is 0 Å². The number of nitrogens with two attached hydrogens (primary N) is 1. The molecule has 0 heterocycles. The van der Waals surface area contributed by atoms with Crippen molar-refractivity contribution in [3.63, 3.8) is 0 Å². The zero-order valence-electron chi connectivity index (χ0n) is 10.5. The summed E-state index contributed by atoms with van der Waals surface area (Å²) in [7, 11) is 2.26. The Morgan fingerprint density at radius 1 is 1.20 bits per heavy atom. The molecule has 0 aromatic rings. The summed E-state index contributed by atoms with van der Waals surface area (Å²) in [6.45, 7) is 4.31. The van der Waals surface area contributed by atoms with Gasteiger partial charge < -0.3 is 10.6 Å². The van der Waals surface area contributed by atoms with Gasteiger partial charge in [0.05, 0.1) is 0 Å². The third-order valence-corrected chi connectivity index (χ3v) is 3.85. The first-order valence-electron chi connectivity index (χ1n) is 6.68. The van der Waals surface area contributed by atoms with Crippen LogP contribution in [0.2, 0.25) is 0 Å². The first kappa shape index (κ1) is 13.0. The minimum Gasteiger partial charge on any atom is -0.330 e. The second-order valence-electron chi connectivity index (χ2n) is 5.09. The Balaban J connectivity index is 2.18. The van der Waals surface area contributed by atoms with Crippen LogP contribution in [0.5, 0.6) is 0 Å². The Labute approximate surface area is 95.2 Å². The largest absolute Gasteiger partial charge is 0.330 e. The van der Waals surface area contributed by atoms with E-state index in [-0.39, 0.29) is 0 Å². The van der Waals surface area contributed by atoms with Crippen molar-refractivity contribution in [3.8, 4) is 0 Å². The minimum atomic E-state index is 0.829. The Kier molecular flexibility index (Phi) is 6.26. The molecule has 0 atom stereocenters. The quantitative estimate of drug-likeness (QED) is 0.733. The van der Waals surface area contributed by atoms with E-state index in [9.17, 15) is 0 Å². The van der Waals surface area contributed by atoms with E-state index in [4.69, 9.17) is 5.73 Å². The van der Waals surface area contributed by atoms with Crippen LogP contribution in [0.25, 0.3) is 0 Å². The molecule has 15 heavy (non-hydrogen) atoms. The SMILES string of the molecule is CCCC1CCC(N(C)CCCN)CC1. The summed E-state index contributed by atoms with van der Waals surface area (Å²) < 4.78 is 0. The van der Waals surface area contributed by atoms with Crippen molar-refractivity contribution < 1.29 is 0 Å². The fourth-order valence-electron chi connectivity index (χ4n) is 2.81. The summed E-state index contributed by atoms with van der Waals surface area (Å²) in [5.41, 5.74) is 5.54. The molecule has 0 aliphatic heterocycles. The normalized spacial score (nSPS) is 27.2. The molecule has 2 N–H and O–H groups in total. The standard InChI is InChI=1S/C13H28N2/c1-3-5-12-6-8-13(9-7-12)15(2)11-4-10-14/h12-13H,3-11,14H2,1-2H3. The highest BCUT2D eigenvalue weighted by atomic mass is 15.1.